The summed E-state index contributed by atoms with van der Waals surface area (Å²) >= 11 is 14.9. The second-order valence-electron chi connectivity index (χ2n) is 3.95. The third kappa shape index (κ3) is 2.99. The third-order valence-electron chi connectivity index (χ3n) is 2.80. The fourth-order valence-corrected chi connectivity index (χ4v) is 4.62. The van der Waals surface area contributed by atoms with Gasteiger partial charge in [0, 0.05) is 14.4 Å². The van der Waals surface area contributed by atoms with E-state index in [0.29, 0.717) is 0 Å². The Morgan fingerprint density at radius 1 is 1.22 bits per heavy atom. The first-order chi connectivity index (χ1) is 8.52. The molecule has 1 nitrogen and oxygen atoms in total. The Kier molecular flexibility index (Phi) is 4.89. The number of benzene rings is 1. The predicted molar refractivity (Wildman–Crippen MR) is 86.8 cm³/mol. The molecule has 1 heterocycles. The number of thiophene rings is 1. The lowest BCUT2D eigenvalue weighted by atomic mass is 10.00. The van der Waals surface area contributed by atoms with Crippen LogP contribution >= 0.6 is 54.8 Å². The molecule has 0 spiro atoms. The van der Waals surface area contributed by atoms with Crippen molar-refractivity contribution in [2.75, 3.05) is 7.05 Å². The van der Waals surface area contributed by atoms with E-state index in [1.165, 1.54) is 16.0 Å². The zero-order valence-corrected chi connectivity index (χ0v) is 14.7. The van der Waals surface area contributed by atoms with Crippen molar-refractivity contribution in [1.29, 1.82) is 0 Å². The van der Waals surface area contributed by atoms with Crippen LogP contribution in [-0.4, -0.2) is 7.05 Å². The van der Waals surface area contributed by atoms with Crippen molar-refractivity contribution < 1.29 is 0 Å². The molecule has 1 atom stereocenters. The van der Waals surface area contributed by atoms with Gasteiger partial charge in [0.05, 0.1) is 9.83 Å². The van der Waals surface area contributed by atoms with Crippen LogP contribution in [0.15, 0.2) is 32.5 Å². The average molecular weight is 410 g/mol. The molecule has 0 aliphatic carbocycles. The lowest BCUT2D eigenvalue weighted by Gasteiger charge is -2.18. The Hall–Kier alpha value is 0.130. The summed E-state index contributed by atoms with van der Waals surface area (Å²) in [5.41, 5.74) is 2.48. The summed E-state index contributed by atoms with van der Waals surface area (Å²) in [6, 6.07) is 8.24. The number of halogens is 3. The third-order valence-corrected chi connectivity index (χ3v) is 5.29. The number of nitrogens with one attached hydrogen (secondary N) is 1. The van der Waals surface area contributed by atoms with Crippen LogP contribution in [-0.2, 0) is 0 Å². The van der Waals surface area contributed by atoms with E-state index in [9.17, 15) is 0 Å². The van der Waals surface area contributed by atoms with Crippen molar-refractivity contribution in [3.05, 3.63) is 53.6 Å². The summed E-state index contributed by atoms with van der Waals surface area (Å²) < 4.78 is 2.18. The van der Waals surface area contributed by atoms with Gasteiger partial charge in [-0.05, 0) is 59.2 Å². The fourth-order valence-electron chi connectivity index (χ4n) is 1.96. The van der Waals surface area contributed by atoms with Crippen molar-refractivity contribution in [3.63, 3.8) is 0 Å². The van der Waals surface area contributed by atoms with Crippen molar-refractivity contribution in [3.8, 4) is 0 Å². The number of hydrogen-bond donors (Lipinski definition) is 1. The Bertz CT molecular complexity index is 568. The van der Waals surface area contributed by atoms with Crippen molar-refractivity contribution in [2.45, 2.75) is 13.0 Å². The van der Waals surface area contributed by atoms with Gasteiger partial charge in [0.2, 0.25) is 0 Å². The molecule has 0 saturated carbocycles. The van der Waals surface area contributed by atoms with E-state index in [1.807, 2.05) is 19.2 Å². The summed E-state index contributed by atoms with van der Waals surface area (Å²) in [5.74, 6) is 0. The maximum atomic E-state index is 5.99. The summed E-state index contributed by atoms with van der Waals surface area (Å²) in [6.07, 6.45) is 0. The van der Waals surface area contributed by atoms with Crippen molar-refractivity contribution >= 4 is 54.8 Å². The summed E-state index contributed by atoms with van der Waals surface area (Å²) in [6.45, 7) is 2.14. The van der Waals surface area contributed by atoms with Crippen LogP contribution in [0.2, 0.25) is 5.02 Å². The first-order valence-electron chi connectivity index (χ1n) is 5.41. The molecule has 5 heteroatoms. The van der Waals surface area contributed by atoms with Gasteiger partial charge in [-0.2, -0.15) is 0 Å². The molecule has 18 heavy (non-hydrogen) atoms. The Balaban J connectivity index is 2.48. The molecule has 2 rings (SSSR count). The second-order valence-corrected chi connectivity index (χ2v) is 7.88. The molecular weight excluding hydrogens is 397 g/mol. The first-order valence-corrected chi connectivity index (χ1v) is 8.19. The van der Waals surface area contributed by atoms with E-state index in [1.54, 1.807) is 11.3 Å². The van der Waals surface area contributed by atoms with E-state index >= 15 is 0 Å². The van der Waals surface area contributed by atoms with E-state index in [0.717, 1.165) is 13.3 Å². The molecule has 0 radical (unpaired) electrons. The Morgan fingerprint density at radius 3 is 2.44 bits per heavy atom. The lowest BCUT2D eigenvalue weighted by molar-refractivity contribution is 0.688. The Labute approximate surface area is 133 Å². The molecule has 0 amide bonds. The topological polar surface area (TPSA) is 12.0 Å². The van der Waals surface area contributed by atoms with Crippen LogP contribution in [0.5, 0.6) is 0 Å². The van der Waals surface area contributed by atoms with E-state index < -0.39 is 0 Å². The van der Waals surface area contributed by atoms with Gasteiger partial charge < -0.3 is 5.32 Å². The molecule has 1 unspecified atom stereocenters. The Morgan fingerprint density at radius 2 is 1.94 bits per heavy atom. The van der Waals surface area contributed by atoms with E-state index in [-0.39, 0.29) is 6.04 Å². The molecule has 1 aromatic heterocycles. The second kappa shape index (κ2) is 6.06. The lowest BCUT2D eigenvalue weighted by Crippen LogP contribution is -2.18. The van der Waals surface area contributed by atoms with Gasteiger partial charge in [0.1, 0.15) is 0 Å². The largest absolute Gasteiger partial charge is 0.309 e. The van der Waals surface area contributed by atoms with Gasteiger partial charge in [0.25, 0.3) is 0 Å². The molecule has 0 aliphatic heterocycles. The molecule has 0 bridgehead atoms. The SMILES string of the molecule is CNC(c1ccc(Cl)cc1Br)c1cc(Br)sc1C. The molecular formula is C13H12Br2ClNS. The first kappa shape index (κ1) is 14.5. The van der Waals surface area contributed by atoms with Crippen LogP contribution in [0, 0.1) is 6.92 Å². The monoisotopic (exact) mass is 407 g/mol. The predicted octanol–water partition coefficient (Wildman–Crippen LogP) is 5.54. The minimum Gasteiger partial charge on any atom is -0.309 e. The summed E-state index contributed by atoms with van der Waals surface area (Å²) in [5, 5.41) is 4.10. The molecule has 1 N–H and O–H groups in total. The van der Waals surface area contributed by atoms with Crippen LogP contribution < -0.4 is 5.32 Å². The van der Waals surface area contributed by atoms with Gasteiger partial charge in [-0.15, -0.1) is 11.3 Å². The fraction of sp³-hybridized carbons (Fsp3) is 0.231. The molecule has 2 aromatic rings. The molecule has 1 aromatic carbocycles. The van der Waals surface area contributed by atoms with Crippen molar-refractivity contribution in [1.82, 2.24) is 5.32 Å². The summed E-state index contributed by atoms with van der Waals surface area (Å²) in [7, 11) is 1.97. The number of hydrogen-bond acceptors (Lipinski definition) is 2. The van der Waals surface area contributed by atoms with Crippen LogP contribution in [0.1, 0.15) is 22.0 Å². The molecule has 0 saturated heterocycles. The maximum absolute atomic E-state index is 5.99. The van der Waals surface area contributed by atoms with Gasteiger partial charge in [0.15, 0.2) is 0 Å². The van der Waals surface area contributed by atoms with Crippen LogP contribution in [0.25, 0.3) is 0 Å². The standard InChI is InChI=1S/C13H12Br2ClNS/c1-7-10(6-12(15)18-7)13(17-2)9-4-3-8(16)5-11(9)14/h3-6,13,17H,1-2H3. The zero-order chi connectivity index (χ0) is 13.3. The number of aryl methyl sites for hydroxylation is 1. The van der Waals surface area contributed by atoms with Gasteiger partial charge in [-0.3, -0.25) is 0 Å². The highest BCUT2D eigenvalue weighted by Crippen LogP contribution is 2.36. The quantitative estimate of drug-likeness (QED) is 0.701. The normalized spacial score (nSPS) is 12.7. The minimum absolute atomic E-state index is 0.166. The summed E-state index contributed by atoms with van der Waals surface area (Å²) in [4.78, 5) is 1.31. The van der Waals surface area contributed by atoms with E-state index in [4.69, 9.17) is 11.6 Å². The highest BCUT2D eigenvalue weighted by Gasteiger charge is 2.18. The molecule has 0 fully saturated rings. The molecule has 96 valence electrons. The average Bonchev–Trinajstić information content (AvgIpc) is 2.62. The zero-order valence-electron chi connectivity index (χ0n) is 9.93. The minimum atomic E-state index is 0.166. The van der Waals surface area contributed by atoms with Gasteiger partial charge >= 0.3 is 0 Å². The van der Waals surface area contributed by atoms with Crippen LogP contribution in [0.4, 0.5) is 0 Å². The van der Waals surface area contributed by atoms with Crippen molar-refractivity contribution in [2.24, 2.45) is 0 Å². The highest BCUT2D eigenvalue weighted by atomic mass is 79.9. The smallest absolute Gasteiger partial charge is 0.0704 e. The van der Waals surface area contributed by atoms with Gasteiger partial charge in [-0.1, -0.05) is 33.6 Å². The molecule has 0 aliphatic rings. The number of rotatable bonds is 3. The highest BCUT2D eigenvalue weighted by molar-refractivity contribution is 9.11. The maximum Gasteiger partial charge on any atom is 0.0704 e. The van der Waals surface area contributed by atoms with E-state index in [2.05, 4.69) is 56.2 Å². The van der Waals surface area contributed by atoms with Crippen LogP contribution in [0.3, 0.4) is 0 Å². The van der Waals surface area contributed by atoms with Gasteiger partial charge in [-0.25, -0.2) is 0 Å².